The number of benzene rings is 1. The number of nitrogens with one attached hydrogen (secondary N) is 1. The second-order valence-electron chi connectivity index (χ2n) is 5.95. The Labute approximate surface area is 172 Å². The highest BCUT2D eigenvalue weighted by Gasteiger charge is 2.35. The number of halogens is 4. The van der Waals surface area contributed by atoms with Crippen LogP contribution < -0.4 is 15.0 Å². The van der Waals surface area contributed by atoms with Gasteiger partial charge in [-0.05, 0) is 19.1 Å². The van der Waals surface area contributed by atoms with Gasteiger partial charge in [-0.2, -0.15) is 22.1 Å². The molecule has 2 aromatic rings. The summed E-state index contributed by atoms with van der Waals surface area (Å²) in [5, 5.41) is 9.20. The highest BCUT2D eigenvalue weighted by molar-refractivity contribution is 8.09. The molecule has 168 valence electrons. The molecule has 10 nitrogen and oxygen atoms in total. The van der Waals surface area contributed by atoms with Gasteiger partial charge in [0.15, 0.2) is 0 Å². The van der Waals surface area contributed by atoms with Crippen molar-refractivity contribution in [3.63, 3.8) is 0 Å². The van der Waals surface area contributed by atoms with Crippen molar-refractivity contribution in [1.29, 1.82) is 5.26 Å². The summed E-state index contributed by atoms with van der Waals surface area (Å²) < 4.78 is 101. The maximum Gasteiger partial charge on any atom is 0.431 e. The maximum absolute atomic E-state index is 14.5. The quantitative estimate of drug-likeness (QED) is 0.613. The Hall–Kier alpha value is -3.19. The zero-order valence-corrected chi connectivity index (χ0v) is 17.2. The standard InChI is InChI=1S/C15H12F4N4O6S2/c1-3-31(28,29)23(30(2,26)27)10-5-11(9(16)4-8(10)7-20)22-13(24)6-12(15(17,18)19)21-14(22)25/h4-6H,3H2,1-2H3,(H,21,25). The monoisotopic (exact) mass is 484 g/mol. The van der Waals surface area contributed by atoms with Crippen LogP contribution in [0, 0.1) is 17.1 Å². The lowest BCUT2D eigenvalue weighted by atomic mass is 10.1. The van der Waals surface area contributed by atoms with Gasteiger partial charge in [-0.1, -0.05) is 0 Å². The fraction of sp³-hybridized carbons (Fsp3) is 0.267. The number of nitrogens with zero attached hydrogens (tertiary/aromatic N) is 3. The van der Waals surface area contributed by atoms with Gasteiger partial charge in [0.25, 0.3) is 5.56 Å². The van der Waals surface area contributed by atoms with Crippen molar-refractivity contribution in [1.82, 2.24) is 9.55 Å². The van der Waals surface area contributed by atoms with Crippen LogP contribution in [0.25, 0.3) is 5.69 Å². The normalized spacial score (nSPS) is 12.4. The summed E-state index contributed by atoms with van der Waals surface area (Å²) in [6.07, 6.45) is -4.63. The minimum Gasteiger partial charge on any atom is -0.303 e. The molecule has 0 aliphatic carbocycles. The molecule has 0 saturated carbocycles. The van der Waals surface area contributed by atoms with Crippen LogP contribution in [0.1, 0.15) is 18.2 Å². The number of aromatic amines is 1. The molecule has 0 saturated heterocycles. The average Bonchev–Trinajstić information content (AvgIpc) is 2.61. The number of hydrogen-bond donors (Lipinski definition) is 1. The van der Waals surface area contributed by atoms with Crippen molar-refractivity contribution >= 4 is 25.7 Å². The zero-order chi connectivity index (χ0) is 23.9. The fourth-order valence-electron chi connectivity index (χ4n) is 2.49. The van der Waals surface area contributed by atoms with Crippen molar-refractivity contribution in [2.75, 3.05) is 15.7 Å². The number of anilines is 1. The average molecular weight is 484 g/mol. The molecule has 16 heteroatoms. The number of alkyl halides is 3. The van der Waals surface area contributed by atoms with E-state index in [9.17, 15) is 49.2 Å². The van der Waals surface area contributed by atoms with Gasteiger partial charge in [-0.3, -0.25) is 4.79 Å². The first-order valence-electron chi connectivity index (χ1n) is 7.95. The smallest absolute Gasteiger partial charge is 0.303 e. The van der Waals surface area contributed by atoms with Crippen LogP contribution in [0.15, 0.2) is 27.8 Å². The molecule has 0 bridgehead atoms. The summed E-state index contributed by atoms with van der Waals surface area (Å²) in [5.74, 6) is -2.24. The molecule has 0 aliphatic rings. The van der Waals surface area contributed by atoms with Crippen LogP contribution >= 0.6 is 0 Å². The van der Waals surface area contributed by atoms with E-state index >= 15 is 0 Å². The largest absolute Gasteiger partial charge is 0.431 e. The summed E-state index contributed by atoms with van der Waals surface area (Å²) in [5.41, 5.74) is -7.89. The van der Waals surface area contributed by atoms with Gasteiger partial charge in [0.2, 0.25) is 20.0 Å². The number of H-pyrrole nitrogens is 1. The third-order valence-corrected chi connectivity index (χ3v) is 7.50. The van der Waals surface area contributed by atoms with Crippen LogP contribution in [-0.2, 0) is 26.2 Å². The number of rotatable bonds is 5. The Morgan fingerprint density at radius 2 is 1.74 bits per heavy atom. The molecule has 0 unspecified atom stereocenters. The van der Waals surface area contributed by atoms with E-state index in [4.69, 9.17) is 0 Å². The molecule has 2 rings (SSSR count). The van der Waals surface area contributed by atoms with Gasteiger partial charge in [0.1, 0.15) is 17.6 Å². The molecule has 0 radical (unpaired) electrons. The zero-order valence-electron chi connectivity index (χ0n) is 15.6. The second-order valence-corrected chi connectivity index (χ2v) is 10.1. The Bertz CT molecular complexity index is 1390. The highest BCUT2D eigenvalue weighted by Crippen LogP contribution is 2.30. The van der Waals surface area contributed by atoms with Gasteiger partial charge < -0.3 is 4.98 Å². The van der Waals surface area contributed by atoms with Crippen LogP contribution in [0.4, 0.5) is 23.2 Å². The molecule has 1 N–H and O–H groups in total. The van der Waals surface area contributed by atoms with Crippen molar-refractivity contribution in [2.24, 2.45) is 0 Å². The summed E-state index contributed by atoms with van der Waals surface area (Å²) in [6, 6.07) is 2.08. The lowest BCUT2D eigenvalue weighted by Crippen LogP contribution is -2.39. The lowest BCUT2D eigenvalue weighted by molar-refractivity contribution is -0.141. The predicted molar refractivity (Wildman–Crippen MR) is 99.1 cm³/mol. The molecule has 0 spiro atoms. The Morgan fingerprint density at radius 3 is 2.16 bits per heavy atom. The lowest BCUT2D eigenvalue weighted by Gasteiger charge is -2.23. The van der Waals surface area contributed by atoms with Gasteiger partial charge in [0, 0.05) is 6.07 Å². The van der Waals surface area contributed by atoms with Crippen LogP contribution in [0.2, 0.25) is 0 Å². The highest BCUT2D eigenvalue weighted by atomic mass is 32.3. The Balaban J connectivity index is 2.97. The molecule has 0 atom stereocenters. The Morgan fingerprint density at radius 1 is 1.16 bits per heavy atom. The van der Waals surface area contributed by atoms with E-state index in [1.807, 2.05) is 0 Å². The summed E-state index contributed by atoms with van der Waals surface area (Å²) in [7, 11) is -9.24. The van der Waals surface area contributed by atoms with E-state index in [-0.39, 0.29) is 14.3 Å². The van der Waals surface area contributed by atoms with E-state index in [0.717, 1.165) is 6.92 Å². The van der Waals surface area contributed by atoms with Crippen molar-refractivity contribution in [3.8, 4) is 11.8 Å². The van der Waals surface area contributed by atoms with Gasteiger partial charge in [-0.15, -0.1) is 0 Å². The second kappa shape index (κ2) is 7.81. The van der Waals surface area contributed by atoms with E-state index in [1.165, 1.54) is 11.1 Å². The number of nitriles is 1. The third kappa shape index (κ3) is 4.61. The SMILES string of the molecule is CCS(=O)(=O)N(c1cc(-n2c(=O)cc(C(F)(F)F)[nH]c2=O)c(F)cc1C#N)S(C)(=O)=O. The van der Waals surface area contributed by atoms with Crippen LogP contribution in [0.3, 0.4) is 0 Å². The summed E-state index contributed by atoms with van der Waals surface area (Å²) in [6.45, 7) is 1.08. The van der Waals surface area contributed by atoms with Gasteiger partial charge in [0.05, 0.1) is 28.9 Å². The number of sulfonamides is 2. The third-order valence-electron chi connectivity index (χ3n) is 3.78. The molecule has 0 aliphatic heterocycles. The first kappa shape index (κ1) is 24.1. The predicted octanol–water partition coefficient (Wildman–Crippen LogP) is 0.671. The molecule has 1 aromatic heterocycles. The molecule has 1 aromatic carbocycles. The Kier molecular flexibility index (Phi) is 6.07. The topological polar surface area (TPSA) is 150 Å². The van der Waals surface area contributed by atoms with Crippen LogP contribution in [0.5, 0.6) is 0 Å². The molecule has 1 heterocycles. The molecular weight excluding hydrogens is 472 g/mol. The first-order chi connectivity index (χ1) is 14.0. The van der Waals surface area contributed by atoms with Crippen molar-refractivity contribution in [2.45, 2.75) is 13.1 Å². The van der Waals surface area contributed by atoms with E-state index in [1.54, 1.807) is 0 Å². The summed E-state index contributed by atoms with van der Waals surface area (Å²) in [4.78, 5) is 25.5. The molecule has 0 fully saturated rings. The summed E-state index contributed by atoms with van der Waals surface area (Å²) >= 11 is 0. The van der Waals surface area contributed by atoms with E-state index in [2.05, 4.69) is 0 Å². The van der Waals surface area contributed by atoms with E-state index in [0.29, 0.717) is 18.4 Å². The minimum atomic E-state index is -5.10. The number of aromatic nitrogens is 2. The van der Waals surface area contributed by atoms with Crippen LogP contribution in [-0.4, -0.2) is 38.4 Å². The van der Waals surface area contributed by atoms with Crippen molar-refractivity contribution in [3.05, 3.63) is 56.1 Å². The fourth-order valence-corrected chi connectivity index (χ4v) is 5.65. The molecular formula is C15H12F4N4O6S2. The first-order valence-corrected chi connectivity index (χ1v) is 11.4. The number of hydrogen-bond acceptors (Lipinski definition) is 7. The van der Waals surface area contributed by atoms with Crippen molar-refractivity contribution < 1.29 is 34.4 Å². The maximum atomic E-state index is 14.5. The minimum absolute atomic E-state index is 0.0458. The van der Waals surface area contributed by atoms with Gasteiger partial charge in [-0.25, -0.2) is 30.6 Å². The molecule has 31 heavy (non-hydrogen) atoms. The van der Waals surface area contributed by atoms with Gasteiger partial charge >= 0.3 is 11.9 Å². The van der Waals surface area contributed by atoms with E-state index < -0.39 is 71.7 Å². The molecule has 0 amide bonds.